The first kappa shape index (κ1) is 16.1. The molecule has 0 atom stereocenters. The topological polar surface area (TPSA) is 54.9 Å². The van der Waals surface area contributed by atoms with E-state index in [9.17, 15) is 9.18 Å². The molecule has 120 valence electrons. The number of nitrogens with one attached hydrogen (secondary N) is 1. The molecule has 1 aromatic heterocycles. The molecule has 0 spiro atoms. The van der Waals surface area contributed by atoms with E-state index in [0.717, 1.165) is 4.90 Å². The minimum absolute atomic E-state index is 0.293. The first-order chi connectivity index (χ1) is 11.7. The lowest BCUT2D eigenvalue weighted by molar-refractivity contribution is 0.102. The lowest BCUT2D eigenvalue weighted by Gasteiger charge is -2.07. The Hall–Kier alpha value is -2.73. The van der Waals surface area contributed by atoms with Gasteiger partial charge in [-0.05, 0) is 36.6 Å². The van der Waals surface area contributed by atoms with Crippen LogP contribution in [0.1, 0.15) is 10.4 Å². The van der Waals surface area contributed by atoms with Crippen LogP contribution in [0.15, 0.2) is 65.8 Å². The highest BCUT2D eigenvalue weighted by Crippen LogP contribution is 2.20. The van der Waals surface area contributed by atoms with E-state index < -0.39 is 0 Å². The number of rotatable bonds is 4. The van der Waals surface area contributed by atoms with Crippen LogP contribution in [0.3, 0.4) is 0 Å². The molecular weight excluding hydrogens is 325 g/mol. The fraction of sp³-hybridized carbons (Fsp3) is 0.0556. The molecule has 0 radical (unpaired) electrons. The summed E-state index contributed by atoms with van der Waals surface area (Å²) in [5.74, 6) is -0.277. The monoisotopic (exact) mass is 339 g/mol. The minimum Gasteiger partial charge on any atom is -0.322 e. The van der Waals surface area contributed by atoms with Crippen molar-refractivity contribution in [2.45, 2.75) is 4.90 Å². The number of aromatic nitrogens is 2. The Labute approximate surface area is 143 Å². The van der Waals surface area contributed by atoms with Crippen molar-refractivity contribution in [3.8, 4) is 11.4 Å². The van der Waals surface area contributed by atoms with Crippen LogP contribution in [0, 0.1) is 5.82 Å². The second-order valence-electron chi connectivity index (χ2n) is 4.99. The molecule has 0 saturated carbocycles. The predicted molar refractivity (Wildman–Crippen MR) is 93.6 cm³/mol. The molecule has 24 heavy (non-hydrogen) atoms. The van der Waals surface area contributed by atoms with Crippen LogP contribution in [-0.2, 0) is 0 Å². The van der Waals surface area contributed by atoms with E-state index in [4.69, 9.17) is 0 Å². The van der Waals surface area contributed by atoms with Crippen LogP contribution in [0.5, 0.6) is 0 Å². The highest BCUT2D eigenvalue weighted by molar-refractivity contribution is 7.98. The van der Waals surface area contributed by atoms with E-state index in [1.807, 2.05) is 30.5 Å². The number of benzene rings is 2. The summed E-state index contributed by atoms with van der Waals surface area (Å²) in [5.41, 5.74) is 1.61. The van der Waals surface area contributed by atoms with Gasteiger partial charge >= 0.3 is 0 Å². The van der Waals surface area contributed by atoms with Crippen LogP contribution < -0.4 is 5.32 Å². The summed E-state index contributed by atoms with van der Waals surface area (Å²) in [6.45, 7) is 0. The van der Waals surface area contributed by atoms with E-state index in [0.29, 0.717) is 22.6 Å². The van der Waals surface area contributed by atoms with Crippen molar-refractivity contribution in [1.29, 1.82) is 0 Å². The number of carbonyl (C=O) groups is 1. The molecule has 1 heterocycles. The summed E-state index contributed by atoms with van der Waals surface area (Å²) in [7, 11) is 0. The molecular formula is C18H14FN3OS. The largest absolute Gasteiger partial charge is 0.322 e. The summed E-state index contributed by atoms with van der Waals surface area (Å²) < 4.78 is 13.2. The van der Waals surface area contributed by atoms with Gasteiger partial charge in [-0.25, -0.2) is 14.4 Å². The second kappa shape index (κ2) is 7.23. The fourth-order valence-electron chi connectivity index (χ4n) is 2.13. The van der Waals surface area contributed by atoms with Gasteiger partial charge in [-0.15, -0.1) is 11.8 Å². The molecule has 4 nitrogen and oxygen atoms in total. The van der Waals surface area contributed by atoms with Crippen LogP contribution in [0.25, 0.3) is 11.4 Å². The summed E-state index contributed by atoms with van der Waals surface area (Å²) in [5, 5.41) is 2.81. The zero-order chi connectivity index (χ0) is 16.9. The standard InChI is InChI=1S/C18H14FN3OS/c1-24-16-7-3-6-15(9-16)22-18(23)13-10-20-17(21-11-13)12-4-2-5-14(19)8-12/h2-11H,1H3,(H,22,23). The van der Waals surface area contributed by atoms with E-state index >= 15 is 0 Å². The molecule has 0 aliphatic carbocycles. The summed E-state index contributed by atoms with van der Waals surface area (Å²) >= 11 is 1.60. The number of thioether (sulfide) groups is 1. The third-order valence-electron chi connectivity index (χ3n) is 3.32. The number of anilines is 1. The number of carbonyl (C=O) groups excluding carboxylic acids is 1. The Balaban J connectivity index is 1.76. The van der Waals surface area contributed by atoms with Crippen molar-refractivity contribution >= 4 is 23.4 Å². The van der Waals surface area contributed by atoms with Crippen LogP contribution >= 0.6 is 11.8 Å². The average molecular weight is 339 g/mol. The van der Waals surface area contributed by atoms with Crippen LogP contribution in [0.4, 0.5) is 10.1 Å². The Kier molecular flexibility index (Phi) is 4.86. The predicted octanol–water partition coefficient (Wildman–Crippen LogP) is 4.26. The minimum atomic E-state index is -0.355. The molecule has 0 bridgehead atoms. The number of halogens is 1. The third kappa shape index (κ3) is 3.78. The van der Waals surface area contributed by atoms with E-state index in [2.05, 4.69) is 15.3 Å². The quantitative estimate of drug-likeness (QED) is 0.722. The molecule has 0 aliphatic heterocycles. The summed E-state index contributed by atoms with van der Waals surface area (Å²) in [6, 6.07) is 13.6. The average Bonchev–Trinajstić information content (AvgIpc) is 2.62. The normalized spacial score (nSPS) is 10.4. The SMILES string of the molecule is CSc1cccc(NC(=O)c2cnc(-c3cccc(F)c3)nc2)c1. The Morgan fingerprint density at radius 1 is 1.08 bits per heavy atom. The molecule has 1 N–H and O–H groups in total. The zero-order valence-electron chi connectivity index (χ0n) is 12.9. The second-order valence-corrected chi connectivity index (χ2v) is 5.87. The van der Waals surface area contributed by atoms with Gasteiger partial charge in [0.15, 0.2) is 5.82 Å². The molecule has 0 saturated heterocycles. The summed E-state index contributed by atoms with van der Waals surface area (Å²) in [6.07, 6.45) is 4.84. The lowest BCUT2D eigenvalue weighted by Crippen LogP contribution is -2.12. The molecule has 1 amide bonds. The van der Waals surface area contributed by atoms with Crippen molar-refractivity contribution in [3.63, 3.8) is 0 Å². The summed E-state index contributed by atoms with van der Waals surface area (Å²) in [4.78, 5) is 21.6. The van der Waals surface area contributed by atoms with Gasteiger partial charge in [0.25, 0.3) is 5.91 Å². The number of nitrogens with zero attached hydrogens (tertiary/aromatic N) is 2. The maximum absolute atomic E-state index is 13.2. The molecule has 6 heteroatoms. The van der Waals surface area contributed by atoms with Crippen molar-refractivity contribution in [1.82, 2.24) is 9.97 Å². The zero-order valence-corrected chi connectivity index (χ0v) is 13.7. The lowest BCUT2D eigenvalue weighted by atomic mass is 10.2. The van der Waals surface area contributed by atoms with Gasteiger partial charge in [-0.2, -0.15) is 0 Å². The maximum atomic E-state index is 13.2. The van der Waals surface area contributed by atoms with Gasteiger partial charge in [-0.3, -0.25) is 4.79 Å². The first-order valence-electron chi connectivity index (χ1n) is 7.19. The molecule has 2 aromatic carbocycles. The van der Waals surface area contributed by atoms with Gasteiger partial charge in [0, 0.05) is 28.5 Å². The number of hydrogen-bond acceptors (Lipinski definition) is 4. The van der Waals surface area contributed by atoms with E-state index in [1.165, 1.54) is 24.5 Å². The fourth-order valence-corrected chi connectivity index (χ4v) is 2.59. The molecule has 3 aromatic rings. The van der Waals surface area contributed by atoms with Crippen molar-refractivity contribution in [2.75, 3.05) is 11.6 Å². The van der Waals surface area contributed by atoms with Crippen LogP contribution in [0.2, 0.25) is 0 Å². The number of amides is 1. The smallest absolute Gasteiger partial charge is 0.258 e. The van der Waals surface area contributed by atoms with Crippen molar-refractivity contribution in [2.24, 2.45) is 0 Å². The Bertz CT molecular complexity index is 868. The van der Waals surface area contributed by atoms with Crippen LogP contribution in [-0.4, -0.2) is 22.1 Å². The van der Waals surface area contributed by atoms with E-state index in [-0.39, 0.29) is 11.7 Å². The van der Waals surface area contributed by atoms with Crippen molar-refractivity contribution < 1.29 is 9.18 Å². The molecule has 0 unspecified atom stereocenters. The highest BCUT2D eigenvalue weighted by Gasteiger charge is 2.09. The van der Waals surface area contributed by atoms with Gasteiger partial charge in [-0.1, -0.05) is 18.2 Å². The molecule has 3 rings (SSSR count). The third-order valence-corrected chi connectivity index (χ3v) is 4.05. The van der Waals surface area contributed by atoms with Gasteiger partial charge in [0.1, 0.15) is 5.82 Å². The molecule has 0 fully saturated rings. The van der Waals surface area contributed by atoms with Gasteiger partial charge < -0.3 is 5.32 Å². The highest BCUT2D eigenvalue weighted by atomic mass is 32.2. The van der Waals surface area contributed by atoms with Gasteiger partial charge in [0.05, 0.1) is 5.56 Å². The molecule has 0 aliphatic rings. The number of hydrogen-bond donors (Lipinski definition) is 1. The maximum Gasteiger partial charge on any atom is 0.258 e. The van der Waals surface area contributed by atoms with Crippen molar-refractivity contribution in [3.05, 3.63) is 72.3 Å². The van der Waals surface area contributed by atoms with E-state index in [1.54, 1.807) is 23.9 Å². The first-order valence-corrected chi connectivity index (χ1v) is 8.41. The Morgan fingerprint density at radius 2 is 1.83 bits per heavy atom. The van der Waals surface area contributed by atoms with Gasteiger partial charge in [0.2, 0.25) is 0 Å². The Morgan fingerprint density at radius 3 is 2.54 bits per heavy atom.